The quantitative estimate of drug-likeness (QED) is 0.614. The highest BCUT2D eigenvalue weighted by molar-refractivity contribution is 7.80. The second-order valence-electron chi connectivity index (χ2n) is 4.99. The van der Waals surface area contributed by atoms with Crippen LogP contribution >= 0.6 is 0 Å². The number of carboxylic acids is 1. The third-order valence-electron chi connectivity index (χ3n) is 2.46. The van der Waals surface area contributed by atoms with E-state index in [4.69, 9.17) is 15.4 Å². The van der Waals surface area contributed by atoms with Crippen LogP contribution in [0.15, 0.2) is 0 Å². The van der Waals surface area contributed by atoms with Crippen LogP contribution in [0.3, 0.4) is 0 Å². The molecule has 0 saturated carbocycles. The first-order valence-corrected chi connectivity index (χ1v) is 5.71. The minimum Gasteiger partial charge on any atom is -0.480 e. The average molecular weight is 237 g/mol. The molecule has 0 radical (unpaired) electrons. The van der Waals surface area contributed by atoms with Gasteiger partial charge in [-0.2, -0.15) is 0 Å². The standard InChI is InChI=1S/C9H19NO4S/c1-8(2,6(10)7(11)12)5-9(3,4)15(13)14/h6H,5,10H2,1-4H3,(H,11,12)(H,13,14). The van der Waals surface area contributed by atoms with E-state index < -0.39 is 33.3 Å². The average Bonchev–Trinajstić information content (AvgIpc) is 2.00. The lowest BCUT2D eigenvalue weighted by atomic mass is 9.77. The smallest absolute Gasteiger partial charge is 0.321 e. The molecule has 0 aliphatic carbocycles. The Hall–Kier alpha value is -0.460. The maximum Gasteiger partial charge on any atom is 0.321 e. The van der Waals surface area contributed by atoms with Gasteiger partial charge < -0.3 is 15.4 Å². The van der Waals surface area contributed by atoms with Gasteiger partial charge in [0, 0.05) is 0 Å². The summed E-state index contributed by atoms with van der Waals surface area (Å²) in [7, 11) is 0. The van der Waals surface area contributed by atoms with Crippen LogP contribution in [0.1, 0.15) is 34.1 Å². The topological polar surface area (TPSA) is 101 Å². The highest BCUT2D eigenvalue weighted by Crippen LogP contribution is 2.33. The monoisotopic (exact) mass is 237 g/mol. The second-order valence-corrected chi connectivity index (χ2v) is 6.59. The molecular weight excluding hydrogens is 218 g/mol. The third-order valence-corrected chi connectivity index (χ3v) is 3.55. The Balaban J connectivity index is 4.78. The van der Waals surface area contributed by atoms with Crippen LogP contribution in [-0.2, 0) is 15.9 Å². The molecule has 5 nitrogen and oxygen atoms in total. The van der Waals surface area contributed by atoms with E-state index in [0.29, 0.717) is 0 Å². The van der Waals surface area contributed by atoms with Gasteiger partial charge in [-0.3, -0.25) is 4.79 Å². The molecule has 0 fully saturated rings. The van der Waals surface area contributed by atoms with E-state index in [1.807, 2.05) is 0 Å². The summed E-state index contributed by atoms with van der Waals surface area (Å²) in [5.74, 6) is -1.10. The van der Waals surface area contributed by atoms with E-state index in [2.05, 4.69) is 0 Å². The molecule has 0 amide bonds. The van der Waals surface area contributed by atoms with Crippen molar-refractivity contribution in [1.82, 2.24) is 0 Å². The van der Waals surface area contributed by atoms with Crippen molar-refractivity contribution >= 4 is 17.0 Å². The van der Waals surface area contributed by atoms with Gasteiger partial charge in [0.15, 0.2) is 11.1 Å². The highest BCUT2D eigenvalue weighted by atomic mass is 32.2. The molecule has 0 aliphatic heterocycles. The van der Waals surface area contributed by atoms with Crippen LogP contribution in [0, 0.1) is 5.41 Å². The summed E-state index contributed by atoms with van der Waals surface area (Å²) in [5, 5.41) is 8.79. The Morgan fingerprint density at radius 3 is 2.07 bits per heavy atom. The molecular formula is C9H19NO4S. The van der Waals surface area contributed by atoms with Gasteiger partial charge in [-0.1, -0.05) is 13.8 Å². The summed E-state index contributed by atoms with van der Waals surface area (Å²) in [6.07, 6.45) is 0.260. The van der Waals surface area contributed by atoms with Crippen LogP contribution in [0.5, 0.6) is 0 Å². The van der Waals surface area contributed by atoms with Gasteiger partial charge in [-0.05, 0) is 25.7 Å². The normalized spacial score (nSPS) is 17.2. The SMILES string of the molecule is CC(C)(CC(C)(C)S(=O)O)C(N)C(=O)O. The van der Waals surface area contributed by atoms with Gasteiger partial charge >= 0.3 is 5.97 Å². The second kappa shape index (κ2) is 4.59. The summed E-state index contributed by atoms with van der Waals surface area (Å²) in [6, 6.07) is -1.04. The van der Waals surface area contributed by atoms with Gasteiger partial charge in [0.2, 0.25) is 0 Å². The molecule has 0 aromatic rings. The molecule has 0 saturated heterocycles. The Morgan fingerprint density at radius 2 is 1.80 bits per heavy atom. The number of aliphatic carboxylic acids is 1. The number of carbonyl (C=O) groups is 1. The van der Waals surface area contributed by atoms with Crippen molar-refractivity contribution in [3.8, 4) is 0 Å². The minimum atomic E-state index is -2.00. The van der Waals surface area contributed by atoms with Crippen LogP contribution < -0.4 is 5.73 Å². The minimum absolute atomic E-state index is 0.260. The third kappa shape index (κ3) is 3.89. The van der Waals surface area contributed by atoms with Gasteiger partial charge in [0.05, 0.1) is 4.75 Å². The van der Waals surface area contributed by atoms with Crippen molar-refractivity contribution in [1.29, 1.82) is 0 Å². The highest BCUT2D eigenvalue weighted by Gasteiger charge is 2.39. The maximum atomic E-state index is 11.0. The Bertz CT molecular complexity index is 275. The van der Waals surface area contributed by atoms with Crippen molar-refractivity contribution in [2.45, 2.75) is 44.9 Å². The van der Waals surface area contributed by atoms with Crippen molar-refractivity contribution in [2.24, 2.45) is 11.1 Å². The van der Waals surface area contributed by atoms with Crippen LogP contribution in [0.2, 0.25) is 0 Å². The van der Waals surface area contributed by atoms with E-state index in [1.54, 1.807) is 27.7 Å². The molecule has 90 valence electrons. The number of rotatable bonds is 5. The summed E-state index contributed by atoms with van der Waals surface area (Å²) >= 11 is -2.00. The fourth-order valence-corrected chi connectivity index (χ4v) is 2.10. The number of carboxylic acid groups (broad SMARTS) is 1. The molecule has 0 heterocycles. The van der Waals surface area contributed by atoms with Crippen LogP contribution in [-0.4, -0.2) is 30.6 Å². The Kier molecular flexibility index (Phi) is 4.45. The van der Waals surface area contributed by atoms with E-state index in [1.165, 1.54) is 0 Å². The van der Waals surface area contributed by atoms with Crippen LogP contribution in [0.25, 0.3) is 0 Å². The number of hydrogen-bond donors (Lipinski definition) is 3. The lowest BCUT2D eigenvalue weighted by Gasteiger charge is -2.35. The lowest BCUT2D eigenvalue weighted by molar-refractivity contribution is -0.141. The molecule has 6 heteroatoms. The molecule has 2 atom stereocenters. The molecule has 2 unspecified atom stereocenters. The van der Waals surface area contributed by atoms with Gasteiger partial charge in [0.25, 0.3) is 0 Å². The van der Waals surface area contributed by atoms with Crippen molar-refractivity contribution < 1.29 is 18.7 Å². The van der Waals surface area contributed by atoms with E-state index in [-0.39, 0.29) is 6.42 Å². The summed E-state index contributed by atoms with van der Waals surface area (Å²) in [5.41, 5.74) is 4.79. The molecule has 0 aromatic heterocycles. The molecule has 0 aliphatic rings. The number of hydrogen-bond acceptors (Lipinski definition) is 3. The summed E-state index contributed by atoms with van der Waals surface area (Å²) < 4.78 is 19.2. The molecule has 0 bridgehead atoms. The predicted molar refractivity (Wildman–Crippen MR) is 58.9 cm³/mol. The number of nitrogens with two attached hydrogens (primary N) is 1. The van der Waals surface area contributed by atoms with Crippen molar-refractivity contribution in [3.63, 3.8) is 0 Å². The molecule has 0 aromatic carbocycles. The largest absolute Gasteiger partial charge is 0.480 e. The first kappa shape index (κ1) is 14.5. The Morgan fingerprint density at radius 1 is 1.40 bits per heavy atom. The maximum absolute atomic E-state index is 11.0. The van der Waals surface area contributed by atoms with Gasteiger partial charge in [-0.25, -0.2) is 4.21 Å². The Labute approximate surface area is 92.3 Å². The molecule has 4 N–H and O–H groups in total. The van der Waals surface area contributed by atoms with Gasteiger partial charge in [0.1, 0.15) is 6.04 Å². The predicted octanol–water partition coefficient (Wildman–Crippen LogP) is 0.815. The fraction of sp³-hybridized carbons (Fsp3) is 0.889. The van der Waals surface area contributed by atoms with E-state index >= 15 is 0 Å². The summed E-state index contributed by atoms with van der Waals surface area (Å²) in [6.45, 7) is 6.58. The van der Waals surface area contributed by atoms with Crippen molar-refractivity contribution in [3.05, 3.63) is 0 Å². The van der Waals surface area contributed by atoms with E-state index in [9.17, 15) is 9.00 Å². The first-order valence-electron chi connectivity index (χ1n) is 4.60. The van der Waals surface area contributed by atoms with Crippen molar-refractivity contribution in [2.75, 3.05) is 0 Å². The zero-order valence-corrected chi connectivity index (χ0v) is 10.3. The lowest BCUT2D eigenvalue weighted by Crippen LogP contribution is -2.48. The van der Waals surface area contributed by atoms with Gasteiger partial charge in [-0.15, -0.1) is 0 Å². The van der Waals surface area contributed by atoms with Crippen LogP contribution in [0.4, 0.5) is 0 Å². The zero-order chi connectivity index (χ0) is 12.4. The fourth-order valence-electron chi connectivity index (χ4n) is 1.60. The molecule has 15 heavy (non-hydrogen) atoms. The molecule has 0 spiro atoms. The zero-order valence-electron chi connectivity index (χ0n) is 9.48. The summed E-state index contributed by atoms with van der Waals surface area (Å²) in [4.78, 5) is 10.7. The van der Waals surface area contributed by atoms with E-state index in [0.717, 1.165) is 0 Å². The first-order chi connectivity index (χ1) is 6.50. The molecule has 0 rings (SSSR count).